The predicted octanol–water partition coefficient (Wildman–Crippen LogP) is 3.61. The number of ether oxygens (including phenoxy) is 2. The van der Waals surface area contributed by atoms with E-state index in [2.05, 4.69) is 4.98 Å². The van der Waals surface area contributed by atoms with E-state index in [0.717, 1.165) is 11.3 Å². The molecule has 0 radical (unpaired) electrons. The number of Topliss-reactive ketones (excluding diaryl/α,β-unsaturated/α-hetero) is 1. The van der Waals surface area contributed by atoms with E-state index in [4.69, 9.17) is 9.47 Å². The Balaban J connectivity index is 1.87. The summed E-state index contributed by atoms with van der Waals surface area (Å²) in [6.45, 7) is 7.37. The number of thiophene rings is 1. The minimum atomic E-state index is -0.473. The first-order valence-electron chi connectivity index (χ1n) is 9.27. The van der Waals surface area contributed by atoms with Gasteiger partial charge in [-0.1, -0.05) is 0 Å². The van der Waals surface area contributed by atoms with Crippen LogP contribution < -0.4 is 10.3 Å². The molecular weight excluding hydrogens is 392 g/mol. The van der Waals surface area contributed by atoms with E-state index in [1.165, 1.54) is 10.9 Å². The van der Waals surface area contributed by atoms with Gasteiger partial charge in [0.15, 0.2) is 5.78 Å². The van der Waals surface area contributed by atoms with Gasteiger partial charge in [-0.15, -0.1) is 11.3 Å². The number of benzene rings is 1. The van der Waals surface area contributed by atoms with Gasteiger partial charge in [0, 0.05) is 5.56 Å². The van der Waals surface area contributed by atoms with Gasteiger partial charge in [0.1, 0.15) is 15.5 Å². The molecule has 8 heteroatoms. The van der Waals surface area contributed by atoms with Crippen molar-refractivity contribution in [3.63, 3.8) is 0 Å². The van der Waals surface area contributed by atoms with Crippen molar-refractivity contribution in [1.82, 2.24) is 9.55 Å². The lowest BCUT2D eigenvalue weighted by atomic mass is 10.1. The Bertz CT molecular complexity index is 1110. The third kappa shape index (κ3) is 4.37. The molecule has 0 N–H and O–H groups in total. The molecule has 0 aliphatic heterocycles. The lowest BCUT2D eigenvalue weighted by molar-refractivity contribution is 0.0531. The van der Waals surface area contributed by atoms with Crippen LogP contribution in [0.1, 0.15) is 46.4 Å². The first kappa shape index (κ1) is 20.7. The van der Waals surface area contributed by atoms with Gasteiger partial charge in [-0.25, -0.2) is 9.78 Å². The van der Waals surface area contributed by atoms with Crippen molar-refractivity contribution in [2.24, 2.45) is 0 Å². The maximum atomic E-state index is 12.9. The maximum absolute atomic E-state index is 12.9. The molecule has 2 heterocycles. The molecule has 0 aliphatic carbocycles. The van der Waals surface area contributed by atoms with Gasteiger partial charge in [-0.2, -0.15) is 0 Å². The third-order valence-corrected chi connectivity index (χ3v) is 5.42. The summed E-state index contributed by atoms with van der Waals surface area (Å²) in [5.41, 5.74) is 0.646. The summed E-state index contributed by atoms with van der Waals surface area (Å²) < 4.78 is 11.9. The van der Waals surface area contributed by atoms with Crippen molar-refractivity contribution in [2.45, 2.75) is 40.3 Å². The fourth-order valence-corrected chi connectivity index (χ4v) is 3.93. The number of esters is 1. The van der Waals surface area contributed by atoms with Crippen molar-refractivity contribution in [3.8, 4) is 5.75 Å². The summed E-state index contributed by atoms with van der Waals surface area (Å²) in [4.78, 5) is 42.7. The van der Waals surface area contributed by atoms with E-state index >= 15 is 0 Å². The zero-order valence-corrected chi connectivity index (χ0v) is 17.5. The van der Waals surface area contributed by atoms with Crippen molar-refractivity contribution in [3.05, 3.63) is 57.0 Å². The van der Waals surface area contributed by atoms with Crippen LogP contribution in [-0.2, 0) is 11.3 Å². The minimum absolute atomic E-state index is 0.0429. The second kappa shape index (κ2) is 8.57. The Morgan fingerprint density at radius 2 is 1.90 bits per heavy atom. The summed E-state index contributed by atoms with van der Waals surface area (Å²) in [5, 5.41) is 0.342. The topological polar surface area (TPSA) is 87.5 Å². The molecule has 2 aromatic heterocycles. The second-order valence-corrected chi connectivity index (χ2v) is 7.75. The molecular formula is C21H22N2O5S. The molecule has 3 aromatic rings. The molecule has 0 atom stereocenters. The SMILES string of the molecule is CCOC(=O)c1sc2ncn(CC(=O)c3ccc(OC(C)C)cc3)c(=O)c2c1C. The smallest absolute Gasteiger partial charge is 0.348 e. The Kier molecular flexibility index (Phi) is 6.12. The van der Waals surface area contributed by atoms with Crippen molar-refractivity contribution < 1.29 is 19.1 Å². The number of carbonyl (C=O) groups excluding carboxylic acids is 2. The van der Waals surface area contributed by atoms with Gasteiger partial charge in [0.05, 0.1) is 31.0 Å². The zero-order chi connectivity index (χ0) is 21.1. The van der Waals surface area contributed by atoms with E-state index < -0.39 is 5.97 Å². The fourth-order valence-electron chi connectivity index (χ4n) is 2.90. The molecule has 29 heavy (non-hydrogen) atoms. The first-order valence-corrected chi connectivity index (χ1v) is 10.1. The number of aryl methyl sites for hydroxylation is 1. The van der Waals surface area contributed by atoms with Crippen molar-refractivity contribution in [1.29, 1.82) is 0 Å². The van der Waals surface area contributed by atoms with Gasteiger partial charge in [-0.3, -0.25) is 14.2 Å². The standard InChI is InChI=1S/C21H22N2O5S/c1-5-27-21(26)18-13(4)17-19(29-18)22-11-23(20(17)25)10-16(24)14-6-8-15(9-7-14)28-12(2)3/h6-9,11-12H,5,10H2,1-4H3. The first-order chi connectivity index (χ1) is 13.8. The largest absolute Gasteiger partial charge is 0.491 e. The lowest BCUT2D eigenvalue weighted by Gasteiger charge is -2.10. The van der Waals surface area contributed by atoms with Crippen LogP contribution in [0.15, 0.2) is 35.4 Å². The second-order valence-electron chi connectivity index (χ2n) is 6.75. The molecule has 0 saturated heterocycles. The quantitative estimate of drug-likeness (QED) is 0.434. The van der Waals surface area contributed by atoms with Gasteiger partial charge in [0.25, 0.3) is 5.56 Å². The fraction of sp³-hybridized carbons (Fsp3) is 0.333. The van der Waals surface area contributed by atoms with Crippen LogP contribution in [0.4, 0.5) is 0 Å². The number of aromatic nitrogens is 2. The maximum Gasteiger partial charge on any atom is 0.348 e. The van der Waals surface area contributed by atoms with Crippen LogP contribution in [0, 0.1) is 6.92 Å². The molecule has 0 spiro atoms. The molecule has 152 valence electrons. The van der Waals surface area contributed by atoms with E-state index in [1.807, 2.05) is 13.8 Å². The molecule has 7 nitrogen and oxygen atoms in total. The van der Waals surface area contributed by atoms with Crippen molar-refractivity contribution in [2.75, 3.05) is 6.61 Å². The van der Waals surface area contributed by atoms with Gasteiger partial charge >= 0.3 is 5.97 Å². The normalized spacial score (nSPS) is 11.1. The average molecular weight is 414 g/mol. The van der Waals surface area contributed by atoms with Gasteiger partial charge in [-0.05, 0) is 57.5 Å². The Morgan fingerprint density at radius 3 is 2.52 bits per heavy atom. The summed E-state index contributed by atoms with van der Waals surface area (Å²) in [6, 6.07) is 6.80. The molecule has 0 aliphatic rings. The molecule has 0 bridgehead atoms. The highest BCUT2D eigenvalue weighted by Gasteiger charge is 2.21. The van der Waals surface area contributed by atoms with Crippen LogP contribution in [0.3, 0.4) is 0 Å². The third-order valence-electron chi connectivity index (χ3n) is 4.24. The number of rotatable bonds is 7. The average Bonchev–Trinajstić information content (AvgIpc) is 3.01. The molecule has 0 fully saturated rings. The van der Waals surface area contributed by atoms with Crippen LogP contribution in [0.5, 0.6) is 5.75 Å². The zero-order valence-electron chi connectivity index (χ0n) is 16.7. The number of hydrogen-bond donors (Lipinski definition) is 0. The molecule has 3 rings (SSSR count). The molecule has 0 saturated carbocycles. The van der Waals surface area contributed by atoms with E-state index in [-0.39, 0.29) is 30.6 Å². The number of fused-ring (bicyclic) bond motifs is 1. The molecule has 0 unspecified atom stereocenters. The summed E-state index contributed by atoms with van der Waals surface area (Å²) >= 11 is 1.12. The summed E-state index contributed by atoms with van der Waals surface area (Å²) in [7, 11) is 0. The van der Waals surface area contributed by atoms with Crippen LogP contribution in [-0.4, -0.2) is 34.0 Å². The Labute approximate surface area is 171 Å². The monoisotopic (exact) mass is 414 g/mol. The van der Waals surface area contributed by atoms with Crippen LogP contribution in [0.25, 0.3) is 10.2 Å². The summed E-state index contributed by atoms with van der Waals surface area (Å²) in [5.74, 6) is -0.0150. The van der Waals surface area contributed by atoms with Crippen LogP contribution >= 0.6 is 11.3 Å². The van der Waals surface area contributed by atoms with Crippen LogP contribution in [0.2, 0.25) is 0 Å². The predicted molar refractivity (Wildman–Crippen MR) is 111 cm³/mol. The van der Waals surface area contributed by atoms with Crippen molar-refractivity contribution >= 4 is 33.3 Å². The van der Waals surface area contributed by atoms with E-state index in [0.29, 0.717) is 32.0 Å². The minimum Gasteiger partial charge on any atom is -0.491 e. The molecule has 0 amide bonds. The highest BCUT2D eigenvalue weighted by molar-refractivity contribution is 7.20. The number of hydrogen-bond acceptors (Lipinski definition) is 7. The highest BCUT2D eigenvalue weighted by atomic mass is 32.1. The number of ketones is 1. The highest BCUT2D eigenvalue weighted by Crippen LogP contribution is 2.27. The van der Waals surface area contributed by atoms with E-state index in [9.17, 15) is 14.4 Å². The number of nitrogens with zero attached hydrogens (tertiary/aromatic N) is 2. The Morgan fingerprint density at radius 1 is 1.21 bits per heavy atom. The lowest BCUT2D eigenvalue weighted by Crippen LogP contribution is -2.24. The van der Waals surface area contributed by atoms with E-state index in [1.54, 1.807) is 38.1 Å². The Hall–Kier alpha value is -3.00. The summed E-state index contributed by atoms with van der Waals surface area (Å²) in [6.07, 6.45) is 1.38. The molecule has 1 aromatic carbocycles. The van der Waals surface area contributed by atoms with Gasteiger partial charge < -0.3 is 9.47 Å². The van der Waals surface area contributed by atoms with Gasteiger partial charge in [0.2, 0.25) is 0 Å². The number of carbonyl (C=O) groups is 2.